The van der Waals surface area contributed by atoms with Crippen molar-refractivity contribution in [2.75, 3.05) is 19.3 Å². The van der Waals surface area contributed by atoms with Crippen LogP contribution >= 0.6 is 11.3 Å². The van der Waals surface area contributed by atoms with Crippen molar-refractivity contribution in [1.82, 2.24) is 9.88 Å². The molecule has 1 unspecified atom stereocenters. The van der Waals surface area contributed by atoms with Crippen LogP contribution in [0.3, 0.4) is 0 Å². The number of aliphatic hydroxyl groups excluding tert-OH is 1. The number of anilines is 1. The Kier molecular flexibility index (Phi) is 5.75. The number of thiazole rings is 1. The predicted octanol–water partition coefficient (Wildman–Crippen LogP) is 0.682. The topological polar surface area (TPSA) is 123 Å². The fraction of sp³-hybridized carbons (Fsp3) is 0.235. The number of carbonyl (C=O) groups excluding carboxylic acids is 2. The number of aromatic nitrogens is 1. The molecule has 25 heavy (non-hydrogen) atoms. The maximum Gasteiger partial charge on any atom is 0.270 e. The standard InChI is InChI=1S/C12H9N3OS.C5H9NO2/c1-2-7-4-3-5-8(6-7)12-15-9(10(13)16)11(14)17-12;1-6-3-2-4(7)5(6)8/h1,3-6H,14H2,(H2,13,16);4,7H,2-3H2,1H3. The molecule has 8 heteroatoms. The zero-order valence-corrected chi connectivity index (χ0v) is 14.4. The molecule has 2 amide bonds. The third-order valence-electron chi connectivity index (χ3n) is 3.56. The highest BCUT2D eigenvalue weighted by Crippen LogP contribution is 2.30. The number of aliphatic hydroxyl groups is 1. The van der Waals surface area contributed by atoms with Crippen molar-refractivity contribution < 1.29 is 14.7 Å². The third kappa shape index (κ3) is 4.35. The summed E-state index contributed by atoms with van der Waals surface area (Å²) < 4.78 is 0. The Morgan fingerprint density at radius 2 is 2.24 bits per heavy atom. The molecule has 0 saturated carbocycles. The molecule has 2 heterocycles. The minimum atomic E-state index is -0.722. The summed E-state index contributed by atoms with van der Waals surface area (Å²) >= 11 is 1.21. The van der Waals surface area contributed by atoms with Crippen LogP contribution in [0.5, 0.6) is 0 Å². The summed E-state index contributed by atoms with van der Waals surface area (Å²) in [5, 5.41) is 9.73. The Bertz CT molecular complexity index is 829. The van der Waals surface area contributed by atoms with Crippen molar-refractivity contribution in [1.29, 1.82) is 0 Å². The lowest BCUT2D eigenvalue weighted by Gasteiger charge is -2.04. The van der Waals surface area contributed by atoms with Crippen LogP contribution in [0.15, 0.2) is 24.3 Å². The second-order valence-electron chi connectivity index (χ2n) is 5.39. The van der Waals surface area contributed by atoms with E-state index in [0.717, 1.165) is 11.1 Å². The lowest BCUT2D eigenvalue weighted by molar-refractivity contribution is -0.133. The minimum Gasteiger partial charge on any atom is -0.389 e. The van der Waals surface area contributed by atoms with Gasteiger partial charge in [0.25, 0.3) is 11.8 Å². The van der Waals surface area contributed by atoms with E-state index in [4.69, 9.17) is 23.0 Å². The van der Waals surface area contributed by atoms with Crippen molar-refractivity contribution in [2.24, 2.45) is 5.73 Å². The number of hydrogen-bond acceptors (Lipinski definition) is 6. The number of benzene rings is 1. The fourth-order valence-corrected chi connectivity index (χ4v) is 3.01. The number of terminal acetylenes is 1. The van der Waals surface area contributed by atoms with Gasteiger partial charge >= 0.3 is 0 Å². The SMILES string of the molecule is C#Cc1cccc(-c2nc(C(N)=O)c(N)s2)c1.CN1CCC(O)C1=O. The van der Waals surface area contributed by atoms with Crippen molar-refractivity contribution in [3.63, 3.8) is 0 Å². The number of likely N-dealkylation sites (N-methyl/N-ethyl adjacent to an activating group) is 1. The number of hydrogen-bond donors (Lipinski definition) is 3. The molecule has 0 spiro atoms. The molecule has 2 aromatic rings. The molecule has 0 bridgehead atoms. The number of likely N-dealkylation sites (tertiary alicyclic amines) is 1. The van der Waals surface area contributed by atoms with Crippen molar-refractivity contribution in [3.05, 3.63) is 35.5 Å². The van der Waals surface area contributed by atoms with Crippen molar-refractivity contribution in [3.8, 4) is 22.9 Å². The summed E-state index contributed by atoms with van der Waals surface area (Å²) in [5.74, 6) is 1.76. The average molecular weight is 358 g/mol. The van der Waals surface area contributed by atoms with Gasteiger partial charge < -0.3 is 21.5 Å². The second-order valence-corrected chi connectivity index (χ2v) is 6.42. The van der Waals surface area contributed by atoms with Gasteiger partial charge in [-0.3, -0.25) is 9.59 Å². The van der Waals surface area contributed by atoms with E-state index in [-0.39, 0.29) is 11.6 Å². The van der Waals surface area contributed by atoms with E-state index < -0.39 is 12.0 Å². The summed E-state index contributed by atoms with van der Waals surface area (Å²) in [4.78, 5) is 27.3. The van der Waals surface area contributed by atoms with Crippen LogP contribution in [0, 0.1) is 12.3 Å². The van der Waals surface area contributed by atoms with Crippen LogP contribution in [0.2, 0.25) is 0 Å². The van der Waals surface area contributed by atoms with Gasteiger partial charge in [-0.05, 0) is 18.6 Å². The van der Waals surface area contributed by atoms with E-state index in [1.54, 1.807) is 7.05 Å². The first kappa shape index (κ1) is 18.4. The number of primary amides is 1. The summed E-state index contributed by atoms with van der Waals surface area (Å²) in [6.45, 7) is 0.694. The summed E-state index contributed by atoms with van der Waals surface area (Å²) in [6.07, 6.45) is 5.18. The number of amides is 2. The van der Waals surface area contributed by atoms with Gasteiger partial charge in [0.2, 0.25) is 0 Å². The second kappa shape index (κ2) is 7.79. The lowest BCUT2D eigenvalue weighted by Crippen LogP contribution is -2.24. The monoisotopic (exact) mass is 358 g/mol. The van der Waals surface area contributed by atoms with E-state index in [0.29, 0.717) is 23.0 Å². The molecule has 1 aromatic carbocycles. The van der Waals surface area contributed by atoms with Gasteiger partial charge in [-0.25, -0.2) is 4.98 Å². The van der Waals surface area contributed by atoms with E-state index in [1.807, 2.05) is 24.3 Å². The fourth-order valence-electron chi connectivity index (χ4n) is 2.18. The zero-order valence-electron chi connectivity index (χ0n) is 13.6. The Hall–Kier alpha value is -2.89. The van der Waals surface area contributed by atoms with E-state index in [2.05, 4.69) is 10.9 Å². The number of nitrogen functional groups attached to an aromatic ring is 1. The number of nitrogens with two attached hydrogens (primary N) is 2. The van der Waals surface area contributed by atoms with Crippen LogP contribution in [0.4, 0.5) is 5.00 Å². The molecule has 1 aromatic heterocycles. The highest BCUT2D eigenvalue weighted by molar-refractivity contribution is 7.19. The number of nitrogens with zero attached hydrogens (tertiary/aromatic N) is 2. The molecule has 7 nitrogen and oxygen atoms in total. The Morgan fingerprint density at radius 3 is 2.68 bits per heavy atom. The van der Waals surface area contributed by atoms with Crippen LogP contribution in [-0.4, -0.2) is 46.5 Å². The van der Waals surface area contributed by atoms with Crippen LogP contribution in [0.25, 0.3) is 10.6 Å². The van der Waals surface area contributed by atoms with Gasteiger partial charge in [0, 0.05) is 24.7 Å². The first-order chi connectivity index (χ1) is 11.8. The highest BCUT2D eigenvalue weighted by atomic mass is 32.1. The molecule has 1 saturated heterocycles. The van der Waals surface area contributed by atoms with Crippen molar-refractivity contribution in [2.45, 2.75) is 12.5 Å². The summed E-state index contributed by atoms with van der Waals surface area (Å²) in [6, 6.07) is 7.30. The molecule has 3 rings (SSSR count). The first-order valence-electron chi connectivity index (χ1n) is 7.39. The van der Waals surface area contributed by atoms with E-state index in [1.165, 1.54) is 16.2 Å². The van der Waals surface area contributed by atoms with E-state index in [9.17, 15) is 9.59 Å². The first-order valence-corrected chi connectivity index (χ1v) is 8.21. The third-order valence-corrected chi connectivity index (χ3v) is 4.50. The number of carbonyl (C=O) groups is 2. The van der Waals surface area contributed by atoms with Crippen LogP contribution in [0.1, 0.15) is 22.5 Å². The smallest absolute Gasteiger partial charge is 0.270 e. The number of rotatable bonds is 2. The molecule has 0 radical (unpaired) electrons. The predicted molar refractivity (Wildman–Crippen MR) is 96.7 cm³/mol. The Morgan fingerprint density at radius 1 is 1.52 bits per heavy atom. The normalized spacial score (nSPS) is 16.1. The van der Waals surface area contributed by atoms with Gasteiger partial charge in [-0.2, -0.15) is 0 Å². The van der Waals surface area contributed by atoms with Gasteiger partial charge in [0.05, 0.1) is 0 Å². The van der Waals surface area contributed by atoms with Gasteiger partial charge in [0.15, 0.2) is 5.69 Å². The largest absolute Gasteiger partial charge is 0.389 e. The van der Waals surface area contributed by atoms with Crippen molar-refractivity contribution >= 4 is 28.2 Å². The molecule has 1 aliphatic heterocycles. The summed E-state index contributed by atoms with van der Waals surface area (Å²) in [5.41, 5.74) is 12.5. The maximum atomic E-state index is 11.0. The minimum absolute atomic E-state index is 0.108. The molecular weight excluding hydrogens is 340 g/mol. The maximum absolute atomic E-state index is 11.0. The Labute approximate surface area is 149 Å². The molecule has 1 fully saturated rings. The summed E-state index contributed by atoms with van der Waals surface area (Å²) in [7, 11) is 1.69. The molecule has 1 atom stereocenters. The molecule has 1 aliphatic rings. The molecule has 130 valence electrons. The van der Waals surface area contributed by atoms with Crippen LogP contribution < -0.4 is 11.5 Å². The molecular formula is C17H18N4O3S. The zero-order chi connectivity index (χ0) is 18.6. The van der Waals surface area contributed by atoms with Gasteiger partial charge in [0.1, 0.15) is 16.1 Å². The highest BCUT2D eigenvalue weighted by Gasteiger charge is 2.25. The average Bonchev–Trinajstić information content (AvgIpc) is 3.13. The molecule has 0 aliphatic carbocycles. The quantitative estimate of drug-likeness (QED) is 0.682. The lowest BCUT2D eigenvalue weighted by atomic mass is 10.1. The van der Waals surface area contributed by atoms with Gasteiger partial charge in [-0.15, -0.1) is 6.42 Å². The molecule has 5 N–H and O–H groups in total. The van der Waals surface area contributed by atoms with E-state index >= 15 is 0 Å². The van der Waals surface area contributed by atoms with Gasteiger partial charge in [-0.1, -0.05) is 29.4 Å². The Balaban J connectivity index is 0.000000236. The van der Waals surface area contributed by atoms with Crippen LogP contribution in [-0.2, 0) is 4.79 Å².